The number of para-hydroxylation sites is 1. The van der Waals surface area contributed by atoms with Crippen LogP contribution in [0.5, 0.6) is 0 Å². The first-order valence-corrected chi connectivity index (χ1v) is 12.1. The summed E-state index contributed by atoms with van der Waals surface area (Å²) in [7, 11) is -2.22. The summed E-state index contributed by atoms with van der Waals surface area (Å²) in [6.45, 7) is 5.34. The SMILES string of the molecule is CCc1ccccc1N(CC(=O)N(Cc1ccc(C)cc1)[C@@H](C)C(=O)NC)S(C)(=O)=O. The zero-order chi connectivity index (χ0) is 23.2. The van der Waals surface area contributed by atoms with Crippen LogP contribution < -0.4 is 9.62 Å². The van der Waals surface area contributed by atoms with Gasteiger partial charge < -0.3 is 10.2 Å². The summed E-state index contributed by atoms with van der Waals surface area (Å²) >= 11 is 0. The zero-order valence-corrected chi connectivity index (χ0v) is 19.6. The Morgan fingerprint density at radius 2 is 1.68 bits per heavy atom. The van der Waals surface area contributed by atoms with Crippen LogP contribution in [0, 0.1) is 6.92 Å². The molecular weight excluding hydrogens is 414 g/mol. The van der Waals surface area contributed by atoms with Crippen LogP contribution >= 0.6 is 0 Å². The summed E-state index contributed by atoms with van der Waals surface area (Å²) in [5, 5.41) is 2.56. The molecule has 0 spiro atoms. The summed E-state index contributed by atoms with van der Waals surface area (Å²) in [6.07, 6.45) is 1.71. The summed E-state index contributed by atoms with van der Waals surface area (Å²) in [6, 6.07) is 14.0. The number of nitrogens with one attached hydrogen (secondary N) is 1. The number of carbonyl (C=O) groups is 2. The molecule has 1 N–H and O–H groups in total. The van der Waals surface area contributed by atoms with Crippen molar-refractivity contribution < 1.29 is 18.0 Å². The minimum atomic E-state index is -3.72. The molecule has 2 rings (SSSR count). The van der Waals surface area contributed by atoms with Gasteiger partial charge in [0, 0.05) is 13.6 Å². The summed E-state index contributed by atoms with van der Waals surface area (Å²) in [5.41, 5.74) is 3.24. The number of benzene rings is 2. The van der Waals surface area contributed by atoms with Crippen molar-refractivity contribution in [1.29, 1.82) is 0 Å². The molecule has 0 aliphatic heterocycles. The summed E-state index contributed by atoms with van der Waals surface area (Å²) in [4.78, 5) is 27.1. The first-order chi connectivity index (χ1) is 14.6. The molecular formula is C23H31N3O4S. The molecule has 31 heavy (non-hydrogen) atoms. The van der Waals surface area contributed by atoms with Crippen molar-refractivity contribution in [2.45, 2.75) is 39.8 Å². The molecule has 0 fully saturated rings. The fourth-order valence-corrected chi connectivity index (χ4v) is 4.21. The largest absolute Gasteiger partial charge is 0.357 e. The highest BCUT2D eigenvalue weighted by Crippen LogP contribution is 2.24. The van der Waals surface area contributed by atoms with Crippen LogP contribution in [0.25, 0.3) is 0 Å². The van der Waals surface area contributed by atoms with Crippen LogP contribution in [0.15, 0.2) is 48.5 Å². The van der Waals surface area contributed by atoms with E-state index in [0.29, 0.717) is 12.1 Å². The van der Waals surface area contributed by atoms with Gasteiger partial charge in [0.2, 0.25) is 21.8 Å². The maximum atomic E-state index is 13.3. The molecule has 0 aliphatic rings. The van der Waals surface area contributed by atoms with Gasteiger partial charge in [0.1, 0.15) is 12.6 Å². The lowest BCUT2D eigenvalue weighted by Gasteiger charge is -2.31. The van der Waals surface area contributed by atoms with Crippen LogP contribution in [0.2, 0.25) is 0 Å². The number of aryl methyl sites for hydroxylation is 2. The lowest BCUT2D eigenvalue weighted by atomic mass is 10.1. The number of carbonyl (C=O) groups excluding carboxylic acids is 2. The van der Waals surface area contributed by atoms with Crippen molar-refractivity contribution in [2.24, 2.45) is 0 Å². The Morgan fingerprint density at radius 3 is 2.23 bits per heavy atom. The average Bonchev–Trinajstić information content (AvgIpc) is 2.75. The summed E-state index contributed by atoms with van der Waals surface area (Å²) < 4.78 is 26.3. The second kappa shape index (κ2) is 10.4. The number of likely N-dealkylation sites (N-methyl/N-ethyl adjacent to an activating group) is 1. The Bertz CT molecular complexity index is 1020. The van der Waals surface area contributed by atoms with Gasteiger partial charge in [0.05, 0.1) is 11.9 Å². The quantitative estimate of drug-likeness (QED) is 0.642. The molecule has 0 bridgehead atoms. The van der Waals surface area contributed by atoms with Gasteiger partial charge >= 0.3 is 0 Å². The lowest BCUT2D eigenvalue weighted by molar-refractivity contribution is -0.139. The van der Waals surface area contributed by atoms with Crippen LogP contribution in [0.4, 0.5) is 5.69 Å². The third-order valence-corrected chi connectivity index (χ3v) is 6.33. The predicted molar refractivity (Wildman–Crippen MR) is 123 cm³/mol. The van der Waals surface area contributed by atoms with Crippen LogP contribution in [-0.4, -0.2) is 51.0 Å². The van der Waals surface area contributed by atoms with Crippen molar-refractivity contribution in [3.63, 3.8) is 0 Å². The van der Waals surface area contributed by atoms with Crippen LogP contribution in [-0.2, 0) is 32.6 Å². The van der Waals surface area contributed by atoms with Crippen molar-refractivity contribution >= 4 is 27.5 Å². The Morgan fingerprint density at radius 1 is 1.06 bits per heavy atom. The van der Waals surface area contributed by atoms with Gasteiger partial charge in [-0.3, -0.25) is 13.9 Å². The number of anilines is 1. The van der Waals surface area contributed by atoms with E-state index in [0.717, 1.165) is 27.3 Å². The topological polar surface area (TPSA) is 86.8 Å². The first-order valence-electron chi connectivity index (χ1n) is 10.2. The maximum absolute atomic E-state index is 13.3. The standard InChI is InChI=1S/C23H31N3O4S/c1-6-20-9-7-8-10-21(20)26(31(5,29)30)16-22(27)25(18(3)23(28)24-4)15-19-13-11-17(2)12-14-19/h7-14,18H,6,15-16H2,1-5H3,(H,24,28)/t18-/m0/s1. The Kier molecular flexibility index (Phi) is 8.21. The predicted octanol–water partition coefficient (Wildman–Crippen LogP) is 2.49. The molecule has 0 unspecified atom stereocenters. The van der Waals surface area contributed by atoms with E-state index in [1.165, 1.54) is 11.9 Å². The van der Waals surface area contributed by atoms with E-state index in [2.05, 4.69) is 5.32 Å². The second-order valence-electron chi connectivity index (χ2n) is 7.55. The molecule has 0 aliphatic carbocycles. The number of nitrogens with zero attached hydrogens (tertiary/aromatic N) is 2. The van der Waals surface area contributed by atoms with Gasteiger partial charge in [0.15, 0.2) is 0 Å². The molecule has 0 aromatic heterocycles. The maximum Gasteiger partial charge on any atom is 0.244 e. The lowest BCUT2D eigenvalue weighted by Crippen LogP contribution is -2.50. The Labute approximate surface area is 185 Å². The van der Waals surface area contributed by atoms with Gasteiger partial charge in [0.25, 0.3) is 0 Å². The molecule has 168 valence electrons. The van der Waals surface area contributed by atoms with E-state index < -0.39 is 22.0 Å². The summed E-state index contributed by atoms with van der Waals surface area (Å²) in [5.74, 6) is -0.770. The van der Waals surface area contributed by atoms with E-state index in [1.807, 2.05) is 50.2 Å². The number of sulfonamides is 1. The molecule has 0 saturated heterocycles. The van der Waals surface area contributed by atoms with E-state index in [-0.39, 0.29) is 19.0 Å². The number of hydrogen-bond acceptors (Lipinski definition) is 4. The van der Waals surface area contributed by atoms with Crippen molar-refractivity contribution in [1.82, 2.24) is 10.2 Å². The molecule has 0 radical (unpaired) electrons. The normalized spacial score (nSPS) is 12.2. The van der Waals surface area contributed by atoms with Gasteiger partial charge in [-0.1, -0.05) is 55.0 Å². The van der Waals surface area contributed by atoms with Crippen LogP contribution in [0.1, 0.15) is 30.5 Å². The number of rotatable bonds is 9. The first kappa shape index (κ1) is 24.4. The molecule has 7 nitrogen and oxygen atoms in total. The van der Waals surface area contributed by atoms with Gasteiger partial charge in [-0.05, 0) is 37.5 Å². The van der Waals surface area contributed by atoms with E-state index >= 15 is 0 Å². The third kappa shape index (κ3) is 6.30. The van der Waals surface area contributed by atoms with E-state index in [9.17, 15) is 18.0 Å². The second-order valence-corrected chi connectivity index (χ2v) is 9.46. The molecule has 2 aromatic carbocycles. The molecule has 1 atom stereocenters. The smallest absolute Gasteiger partial charge is 0.244 e. The minimum absolute atomic E-state index is 0.195. The van der Waals surface area contributed by atoms with Crippen molar-refractivity contribution in [3.8, 4) is 0 Å². The number of hydrogen-bond donors (Lipinski definition) is 1. The minimum Gasteiger partial charge on any atom is -0.357 e. The molecule has 8 heteroatoms. The van der Waals surface area contributed by atoms with Gasteiger partial charge in [-0.2, -0.15) is 0 Å². The van der Waals surface area contributed by atoms with E-state index in [1.54, 1.807) is 19.1 Å². The highest BCUT2D eigenvalue weighted by Gasteiger charge is 2.30. The van der Waals surface area contributed by atoms with Crippen molar-refractivity contribution in [2.75, 3.05) is 24.2 Å². The average molecular weight is 446 g/mol. The van der Waals surface area contributed by atoms with Crippen molar-refractivity contribution in [3.05, 3.63) is 65.2 Å². The van der Waals surface area contributed by atoms with Crippen LogP contribution in [0.3, 0.4) is 0 Å². The molecule has 2 amide bonds. The number of amides is 2. The highest BCUT2D eigenvalue weighted by atomic mass is 32.2. The fourth-order valence-electron chi connectivity index (χ4n) is 3.33. The highest BCUT2D eigenvalue weighted by molar-refractivity contribution is 7.92. The molecule has 0 heterocycles. The third-order valence-electron chi connectivity index (χ3n) is 5.21. The van der Waals surface area contributed by atoms with Gasteiger partial charge in [-0.25, -0.2) is 8.42 Å². The Balaban J connectivity index is 2.41. The zero-order valence-electron chi connectivity index (χ0n) is 18.8. The Hall–Kier alpha value is -2.87. The van der Waals surface area contributed by atoms with E-state index in [4.69, 9.17) is 0 Å². The monoisotopic (exact) mass is 445 g/mol. The van der Waals surface area contributed by atoms with Gasteiger partial charge in [-0.15, -0.1) is 0 Å². The molecule has 2 aromatic rings. The molecule has 0 saturated carbocycles. The fraction of sp³-hybridized carbons (Fsp3) is 0.391.